The highest BCUT2D eigenvalue weighted by molar-refractivity contribution is 6.13. The molecule has 0 spiro atoms. The second-order valence-electron chi connectivity index (χ2n) is 3.31. The SMILES string of the molecule is Cc1nn(C)cc1/C=C1/NC(=O)NC1=O. The van der Waals surface area contributed by atoms with Crippen molar-refractivity contribution in [2.45, 2.75) is 6.92 Å². The van der Waals surface area contributed by atoms with Crippen LogP contribution in [0.25, 0.3) is 6.08 Å². The molecule has 2 rings (SSSR count). The third-order valence-corrected chi connectivity index (χ3v) is 2.07. The molecule has 6 heteroatoms. The Labute approximate surface area is 86.0 Å². The molecule has 3 amide bonds. The van der Waals surface area contributed by atoms with Crippen LogP contribution in [0, 0.1) is 6.92 Å². The van der Waals surface area contributed by atoms with E-state index in [1.54, 1.807) is 24.0 Å². The molecule has 0 atom stereocenters. The van der Waals surface area contributed by atoms with Gasteiger partial charge in [0.05, 0.1) is 5.69 Å². The van der Waals surface area contributed by atoms with Gasteiger partial charge in [0.1, 0.15) is 5.70 Å². The molecule has 1 aliphatic rings. The van der Waals surface area contributed by atoms with Crippen LogP contribution in [0.2, 0.25) is 0 Å². The highest BCUT2D eigenvalue weighted by Gasteiger charge is 2.23. The number of carbonyl (C=O) groups excluding carboxylic acids is 2. The monoisotopic (exact) mass is 206 g/mol. The number of hydrogen-bond donors (Lipinski definition) is 2. The summed E-state index contributed by atoms with van der Waals surface area (Å²) in [6, 6.07) is -0.493. The summed E-state index contributed by atoms with van der Waals surface area (Å²) >= 11 is 0. The molecule has 1 aromatic heterocycles. The van der Waals surface area contributed by atoms with Crippen LogP contribution >= 0.6 is 0 Å². The van der Waals surface area contributed by atoms with Crippen LogP contribution in [0.3, 0.4) is 0 Å². The fourth-order valence-electron chi connectivity index (χ4n) is 1.40. The number of hydrogen-bond acceptors (Lipinski definition) is 3. The van der Waals surface area contributed by atoms with Gasteiger partial charge in [-0.1, -0.05) is 0 Å². The maximum absolute atomic E-state index is 11.2. The van der Waals surface area contributed by atoms with Gasteiger partial charge in [-0.25, -0.2) is 4.79 Å². The molecule has 0 unspecified atom stereocenters. The number of amides is 3. The zero-order valence-electron chi connectivity index (χ0n) is 8.37. The van der Waals surface area contributed by atoms with Crippen LogP contribution < -0.4 is 10.6 Å². The van der Waals surface area contributed by atoms with Crippen molar-refractivity contribution in [3.8, 4) is 0 Å². The molecule has 15 heavy (non-hydrogen) atoms. The minimum Gasteiger partial charge on any atom is -0.303 e. The van der Waals surface area contributed by atoms with Gasteiger partial charge >= 0.3 is 6.03 Å². The van der Waals surface area contributed by atoms with Gasteiger partial charge in [-0.15, -0.1) is 0 Å². The zero-order chi connectivity index (χ0) is 11.0. The molecular weight excluding hydrogens is 196 g/mol. The summed E-state index contributed by atoms with van der Waals surface area (Å²) in [6.45, 7) is 1.83. The first-order valence-corrected chi connectivity index (χ1v) is 4.40. The van der Waals surface area contributed by atoms with Crippen molar-refractivity contribution in [2.24, 2.45) is 7.05 Å². The lowest BCUT2D eigenvalue weighted by Gasteiger charge is -1.92. The number of aromatic nitrogens is 2. The number of carbonyl (C=O) groups is 2. The summed E-state index contributed by atoms with van der Waals surface area (Å²) in [7, 11) is 1.79. The van der Waals surface area contributed by atoms with E-state index in [0.717, 1.165) is 11.3 Å². The van der Waals surface area contributed by atoms with Crippen molar-refractivity contribution in [1.29, 1.82) is 0 Å². The molecule has 1 aromatic rings. The molecule has 6 nitrogen and oxygen atoms in total. The van der Waals surface area contributed by atoms with Gasteiger partial charge in [0.15, 0.2) is 0 Å². The first-order valence-electron chi connectivity index (χ1n) is 4.40. The van der Waals surface area contributed by atoms with E-state index in [2.05, 4.69) is 15.7 Å². The topological polar surface area (TPSA) is 76.0 Å². The Morgan fingerprint density at radius 2 is 2.13 bits per heavy atom. The molecule has 2 heterocycles. The molecule has 0 aliphatic carbocycles. The van der Waals surface area contributed by atoms with E-state index in [9.17, 15) is 9.59 Å². The van der Waals surface area contributed by atoms with Gasteiger partial charge in [-0.3, -0.25) is 14.8 Å². The molecule has 1 aliphatic heterocycles. The number of nitrogens with one attached hydrogen (secondary N) is 2. The molecule has 0 saturated carbocycles. The van der Waals surface area contributed by atoms with Crippen molar-refractivity contribution in [3.05, 3.63) is 23.2 Å². The zero-order valence-corrected chi connectivity index (χ0v) is 8.37. The van der Waals surface area contributed by atoms with Gasteiger partial charge in [-0.05, 0) is 13.0 Å². The highest BCUT2D eigenvalue weighted by Crippen LogP contribution is 2.10. The Kier molecular flexibility index (Phi) is 2.03. The molecule has 0 aromatic carbocycles. The van der Waals surface area contributed by atoms with Crippen LogP contribution in [-0.4, -0.2) is 21.7 Å². The van der Waals surface area contributed by atoms with Crippen LogP contribution in [0.5, 0.6) is 0 Å². The lowest BCUT2D eigenvalue weighted by molar-refractivity contribution is -0.115. The number of aryl methyl sites for hydroxylation is 2. The molecule has 0 radical (unpaired) electrons. The summed E-state index contributed by atoms with van der Waals surface area (Å²) in [4.78, 5) is 22.1. The van der Waals surface area contributed by atoms with Crippen LogP contribution in [0.1, 0.15) is 11.3 Å². The van der Waals surface area contributed by atoms with E-state index in [0.29, 0.717) is 0 Å². The molecule has 78 valence electrons. The fraction of sp³-hybridized carbons (Fsp3) is 0.222. The highest BCUT2D eigenvalue weighted by atomic mass is 16.2. The number of rotatable bonds is 1. The van der Waals surface area contributed by atoms with Gasteiger partial charge in [0, 0.05) is 18.8 Å². The molecular formula is C9H10N4O2. The van der Waals surface area contributed by atoms with Crippen molar-refractivity contribution >= 4 is 18.0 Å². The summed E-state index contributed by atoms with van der Waals surface area (Å²) in [6.07, 6.45) is 3.38. The van der Waals surface area contributed by atoms with Crippen LogP contribution in [-0.2, 0) is 11.8 Å². The normalized spacial score (nSPS) is 18.1. The number of nitrogens with zero attached hydrogens (tertiary/aromatic N) is 2. The Balaban J connectivity index is 2.34. The molecule has 0 bridgehead atoms. The Bertz CT molecular complexity index is 472. The van der Waals surface area contributed by atoms with E-state index in [4.69, 9.17) is 0 Å². The predicted octanol–water partition coefficient (Wildman–Crippen LogP) is -0.0912. The van der Waals surface area contributed by atoms with E-state index < -0.39 is 11.9 Å². The largest absolute Gasteiger partial charge is 0.326 e. The summed E-state index contributed by atoms with van der Waals surface area (Å²) < 4.78 is 1.65. The quantitative estimate of drug-likeness (QED) is 0.498. The second kappa shape index (κ2) is 3.23. The van der Waals surface area contributed by atoms with Crippen molar-refractivity contribution in [2.75, 3.05) is 0 Å². The predicted molar refractivity (Wildman–Crippen MR) is 52.6 cm³/mol. The molecule has 2 N–H and O–H groups in total. The lowest BCUT2D eigenvalue weighted by Crippen LogP contribution is -2.22. The van der Waals surface area contributed by atoms with Crippen molar-refractivity contribution in [3.63, 3.8) is 0 Å². The maximum Gasteiger partial charge on any atom is 0.326 e. The van der Waals surface area contributed by atoms with Crippen molar-refractivity contribution < 1.29 is 9.59 Å². The van der Waals surface area contributed by atoms with Crippen molar-refractivity contribution in [1.82, 2.24) is 20.4 Å². The summed E-state index contributed by atoms with van der Waals surface area (Å²) in [5.74, 6) is -0.414. The van der Waals surface area contributed by atoms with Gasteiger partial charge in [-0.2, -0.15) is 5.10 Å². The Hall–Kier alpha value is -2.11. The average molecular weight is 206 g/mol. The van der Waals surface area contributed by atoms with Gasteiger partial charge in [0.25, 0.3) is 5.91 Å². The molecule has 1 fully saturated rings. The first-order chi connectivity index (χ1) is 7.06. The average Bonchev–Trinajstić information content (AvgIpc) is 2.58. The Morgan fingerprint density at radius 1 is 1.40 bits per heavy atom. The Morgan fingerprint density at radius 3 is 2.60 bits per heavy atom. The summed E-state index contributed by atoms with van der Waals surface area (Å²) in [5.41, 5.74) is 1.86. The third-order valence-electron chi connectivity index (χ3n) is 2.07. The minimum absolute atomic E-state index is 0.246. The number of urea groups is 1. The first kappa shape index (κ1) is 9.45. The second-order valence-corrected chi connectivity index (χ2v) is 3.31. The van der Waals surface area contributed by atoms with E-state index >= 15 is 0 Å². The smallest absolute Gasteiger partial charge is 0.303 e. The van der Waals surface area contributed by atoms with Crippen LogP contribution in [0.4, 0.5) is 4.79 Å². The van der Waals surface area contributed by atoms with Crippen LogP contribution in [0.15, 0.2) is 11.9 Å². The maximum atomic E-state index is 11.2. The fourth-order valence-corrected chi connectivity index (χ4v) is 1.40. The van der Waals surface area contributed by atoms with E-state index in [1.807, 2.05) is 6.92 Å². The summed E-state index contributed by atoms with van der Waals surface area (Å²) in [5, 5.41) is 8.67. The van der Waals surface area contributed by atoms with Gasteiger partial charge in [0.2, 0.25) is 0 Å². The molecule has 1 saturated heterocycles. The van der Waals surface area contributed by atoms with E-state index in [-0.39, 0.29) is 5.70 Å². The minimum atomic E-state index is -0.493. The number of imide groups is 1. The van der Waals surface area contributed by atoms with E-state index in [1.165, 1.54) is 0 Å². The van der Waals surface area contributed by atoms with Gasteiger partial charge < -0.3 is 5.32 Å². The third kappa shape index (κ3) is 1.74. The lowest BCUT2D eigenvalue weighted by atomic mass is 10.2. The standard InChI is InChI=1S/C9H10N4O2/c1-5-6(4-13(2)12-5)3-7-8(14)11-9(15)10-7/h3-4H,1-2H3,(H2,10,11,14,15)/b7-3+.